The average molecular weight is 371 g/mol. The van der Waals surface area contributed by atoms with Gasteiger partial charge >= 0.3 is 0 Å². The van der Waals surface area contributed by atoms with Gasteiger partial charge in [0.15, 0.2) is 0 Å². The summed E-state index contributed by atoms with van der Waals surface area (Å²) < 4.78 is 11.5. The average Bonchev–Trinajstić information content (AvgIpc) is 2.67. The maximum atomic E-state index is 9.79. The number of fused-ring (bicyclic) bond motifs is 1. The summed E-state index contributed by atoms with van der Waals surface area (Å²) >= 11 is 0. The lowest BCUT2D eigenvalue weighted by Gasteiger charge is -2.09. The number of phenolic OH excluding ortho intramolecular Hbond substituents is 1. The van der Waals surface area contributed by atoms with Crippen molar-refractivity contribution in [3.8, 4) is 22.8 Å². The third kappa shape index (κ3) is 3.49. The van der Waals surface area contributed by atoms with Crippen LogP contribution in [0, 0.1) is 13.8 Å². The summed E-state index contributed by atoms with van der Waals surface area (Å²) in [6.07, 6.45) is 0. The fourth-order valence-electron chi connectivity index (χ4n) is 3.37. The molecular weight excluding hydrogens is 350 g/mol. The Kier molecular flexibility index (Phi) is 4.62. The molecule has 0 amide bonds. The predicted octanol–water partition coefficient (Wildman–Crippen LogP) is 5.66. The molecule has 0 saturated heterocycles. The van der Waals surface area contributed by atoms with Crippen LogP contribution in [0.4, 0.5) is 5.69 Å². The molecule has 0 saturated carbocycles. The number of hydrogen-bond donors (Lipinski definition) is 1. The molecule has 0 aliphatic rings. The normalized spacial score (nSPS) is 11.8. The number of nitrogens with zero attached hydrogens (tertiary/aromatic N) is 1. The van der Waals surface area contributed by atoms with Gasteiger partial charge in [0.2, 0.25) is 0 Å². The molecule has 4 aromatic rings. The Morgan fingerprint density at radius 2 is 1.71 bits per heavy atom. The van der Waals surface area contributed by atoms with Crippen molar-refractivity contribution in [3.63, 3.8) is 0 Å². The van der Waals surface area contributed by atoms with E-state index in [1.807, 2.05) is 49.4 Å². The van der Waals surface area contributed by atoms with Gasteiger partial charge in [0.1, 0.15) is 22.8 Å². The van der Waals surface area contributed by atoms with E-state index in [1.54, 1.807) is 25.3 Å². The number of rotatable bonds is 3. The van der Waals surface area contributed by atoms with E-state index in [1.165, 1.54) is 0 Å². The van der Waals surface area contributed by atoms with Gasteiger partial charge in [-0.1, -0.05) is 12.1 Å². The lowest BCUT2D eigenvalue weighted by atomic mass is 10.0. The second-order valence-corrected chi connectivity index (χ2v) is 6.81. The van der Waals surface area contributed by atoms with Gasteiger partial charge in [-0.2, -0.15) is 0 Å². The summed E-state index contributed by atoms with van der Waals surface area (Å²) in [5.74, 6) is 1.70. The van der Waals surface area contributed by atoms with E-state index in [4.69, 9.17) is 14.1 Å². The van der Waals surface area contributed by atoms with Crippen molar-refractivity contribution in [3.05, 3.63) is 83.2 Å². The summed E-state index contributed by atoms with van der Waals surface area (Å²) in [6, 6.07) is 20.7. The Labute approximate surface area is 163 Å². The Bertz CT molecular complexity index is 1220. The standard InChI is InChI=1S/C24H21NO3/c1-15-11-16(2)24-21(25-18-5-4-6-19(26)13-18)14-22(28-23(24)12-15)17-7-9-20(27-3)10-8-17/h4-14,26H,1-3H3. The molecule has 1 heterocycles. The maximum absolute atomic E-state index is 9.79. The molecule has 0 bridgehead atoms. The van der Waals surface area contributed by atoms with Crippen LogP contribution in [0.2, 0.25) is 0 Å². The van der Waals surface area contributed by atoms with Crippen LogP contribution in [0.25, 0.3) is 22.3 Å². The Morgan fingerprint density at radius 1 is 0.929 bits per heavy atom. The number of aryl methyl sites for hydroxylation is 2. The number of methoxy groups -OCH3 is 1. The van der Waals surface area contributed by atoms with Crippen LogP contribution in [-0.2, 0) is 0 Å². The van der Waals surface area contributed by atoms with Gasteiger partial charge in [0, 0.05) is 23.1 Å². The molecule has 28 heavy (non-hydrogen) atoms. The van der Waals surface area contributed by atoms with Crippen molar-refractivity contribution < 1.29 is 14.3 Å². The highest BCUT2D eigenvalue weighted by Crippen LogP contribution is 2.27. The highest BCUT2D eigenvalue weighted by molar-refractivity contribution is 5.82. The van der Waals surface area contributed by atoms with Crippen molar-refractivity contribution in [2.75, 3.05) is 7.11 Å². The second-order valence-electron chi connectivity index (χ2n) is 6.81. The third-order valence-corrected chi connectivity index (χ3v) is 4.64. The minimum atomic E-state index is 0.189. The second kappa shape index (κ2) is 7.24. The molecular formula is C24H21NO3. The van der Waals surface area contributed by atoms with E-state index in [-0.39, 0.29) is 5.75 Å². The first-order chi connectivity index (χ1) is 13.5. The van der Waals surface area contributed by atoms with Gasteiger partial charge < -0.3 is 14.3 Å². The molecule has 140 valence electrons. The minimum absolute atomic E-state index is 0.189. The smallest absolute Gasteiger partial charge is 0.137 e. The first-order valence-corrected chi connectivity index (χ1v) is 9.07. The number of aromatic hydroxyl groups is 1. The lowest BCUT2D eigenvalue weighted by molar-refractivity contribution is 0.415. The van der Waals surface area contributed by atoms with E-state index in [2.05, 4.69) is 13.0 Å². The van der Waals surface area contributed by atoms with Gasteiger partial charge in [-0.3, -0.25) is 0 Å². The van der Waals surface area contributed by atoms with Gasteiger partial charge in [-0.15, -0.1) is 0 Å². The first-order valence-electron chi connectivity index (χ1n) is 9.07. The largest absolute Gasteiger partial charge is 0.508 e. The van der Waals surface area contributed by atoms with Gasteiger partial charge in [0.25, 0.3) is 0 Å². The topological polar surface area (TPSA) is 55.0 Å². The molecule has 0 atom stereocenters. The molecule has 3 aromatic carbocycles. The van der Waals surface area contributed by atoms with E-state index >= 15 is 0 Å². The zero-order valence-corrected chi connectivity index (χ0v) is 16.1. The molecule has 0 fully saturated rings. The first kappa shape index (κ1) is 17.9. The van der Waals surface area contributed by atoms with Crippen LogP contribution in [0.15, 0.2) is 76.1 Å². The van der Waals surface area contributed by atoms with Crippen LogP contribution in [-0.4, -0.2) is 12.2 Å². The lowest BCUT2D eigenvalue weighted by Crippen LogP contribution is -2.05. The van der Waals surface area contributed by atoms with Crippen molar-refractivity contribution in [2.24, 2.45) is 4.99 Å². The molecule has 0 spiro atoms. The SMILES string of the molecule is COc1ccc(-c2cc(=Nc3cccc(O)c3)c3c(C)cc(C)cc3o2)cc1. The molecule has 1 aromatic heterocycles. The number of hydrogen-bond acceptors (Lipinski definition) is 4. The zero-order valence-electron chi connectivity index (χ0n) is 16.1. The molecule has 4 heteroatoms. The van der Waals surface area contributed by atoms with Gasteiger partial charge in [-0.25, -0.2) is 4.99 Å². The Balaban J connectivity index is 2.00. The number of benzene rings is 3. The van der Waals surface area contributed by atoms with Crippen LogP contribution in [0.1, 0.15) is 11.1 Å². The van der Waals surface area contributed by atoms with Crippen LogP contribution in [0.3, 0.4) is 0 Å². The molecule has 0 aliphatic carbocycles. The fraction of sp³-hybridized carbons (Fsp3) is 0.125. The van der Waals surface area contributed by atoms with E-state index in [0.717, 1.165) is 44.5 Å². The Hall–Kier alpha value is -3.53. The molecule has 4 rings (SSSR count). The number of phenols is 1. The Morgan fingerprint density at radius 3 is 2.43 bits per heavy atom. The van der Waals surface area contributed by atoms with Crippen LogP contribution in [0.5, 0.6) is 11.5 Å². The summed E-state index contributed by atoms with van der Waals surface area (Å²) in [7, 11) is 1.65. The van der Waals surface area contributed by atoms with Crippen LogP contribution >= 0.6 is 0 Å². The van der Waals surface area contributed by atoms with E-state index < -0.39 is 0 Å². The van der Waals surface area contributed by atoms with Crippen LogP contribution < -0.4 is 10.1 Å². The van der Waals surface area contributed by atoms with Crippen molar-refractivity contribution in [2.45, 2.75) is 13.8 Å². The van der Waals surface area contributed by atoms with Crippen molar-refractivity contribution in [1.29, 1.82) is 0 Å². The minimum Gasteiger partial charge on any atom is -0.508 e. The zero-order chi connectivity index (χ0) is 19.7. The third-order valence-electron chi connectivity index (χ3n) is 4.64. The highest BCUT2D eigenvalue weighted by Gasteiger charge is 2.09. The van der Waals surface area contributed by atoms with Gasteiger partial charge in [0.05, 0.1) is 18.2 Å². The monoisotopic (exact) mass is 371 g/mol. The quantitative estimate of drug-likeness (QED) is 0.505. The molecule has 0 aliphatic heterocycles. The fourth-order valence-corrected chi connectivity index (χ4v) is 3.37. The molecule has 0 radical (unpaired) electrons. The molecule has 0 unspecified atom stereocenters. The summed E-state index contributed by atoms with van der Waals surface area (Å²) in [4.78, 5) is 4.80. The van der Waals surface area contributed by atoms with Crippen molar-refractivity contribution in [1.82, 2.24) is 0 Å². The van der Waals surface area contributed by atoms with Gasteiger partial charge in [-0.05, 0) is 67.4 Å². The molecule has 1 N–H and O–H groups in total. The highest BCUT2D eigenvalue weighted by atomic mass is 16.5. The number of ether oxygens (including phenoxy) is 1. The summed E-state index contributed by atoms with van der Waals surface area (Å²) in [6.45, 7) is 4.10. The predicted molar refractivity (Wildman–Crippen MR) is 111 cm³/mol. The van der Waals surface area contributed by atoms with E-state index in [0.29, 0.717) is 5.69 Å². The summed E-state index contributed by atoms with van der Waals surface area (Å²) in [5, 5.41) is 11.6. The van der Waals surface area contributed by atoms with E-state index in [9.17, 15) is 5.11 Å². The maximum Gasteiger partial charge on any atom is 0.137 e. The van der Waals surface area contributed by atoms with Crippen molar-refractivity contribution >= 4 is 16.7 Å². The summed E-state index contributed by atoms with van der Waals surface area (Å²) in [5.41, 5.74) is 4.63. The molecule has 4 nitrogen and oxygen atoms in total.